The van der Waals surface area contributed by atoms with E-state index in [-0.39, 0.29) is 5.56 Å². The molecule has 1 aliphatic rings. The molecule has 1 saturated heterocycles. The molecule has 1 fully saturated rings. The van der Waals surface area contributed by atoms with Crippen LogP contribution in [0, 0.1) is 17.6 Å². The topological polar surface area (TPSA) is 3.24 Å². The fourth-order valence-electron chi connectivity index (χ4n) is 2.12. The number of nitrogens with zero attached hydrogens (tertiary/aromatic N) is 1. The van der Waals surface area contributed by atoms with Crippen LogP contribution in [0.5, 0.6) is 0 Å². The molecule has 0 aromatic heterocycles. The third-order valence-electron chi connectivity index (χ3n) is 3.11. The third-order valence-corrected chi connectivity index (χ3v) is 4.16. The number of benzene rings is 1. The number of hydrogen-bond acceptors (Lipinski definition) is 1. The smallest absolute Gasteiger partial charge is 0.144 e. The molecule has 0 amide bonds. The quantitative estimate of drug-likeness (QED) is 0.604. The summed E-state index contributed by atoms with van der Waals surface area (Å²) in [5.74, 6) is 0.0641. The second kappa shape index (κ2) is 5.63. The second-order valence-corrected chi connectivity index (χ2v) is 5.53. The largest absolute Gasteiger partial charge is 0.299 e. The van der Waals surface area contributed by atoms with Crippen LogP contribution < -0.4 is 0 Å². The van der Waals surface area contributed by atoms with Crippen LogP contribution in [0.2, 0.25) is 0 Å². The van der Waals surface area contributed by atoms with Gasteiger partial charge in [-0.05, 0) is 46.9 Å². The molecule has 0 N–H and O–H groups in total. The van der Waals surface area contributed by atoms with Crippen LogP contribution in [0.15, 0.2) is 16.6 Å². The lowest BCUT2D eigenvalue weighted by atomic mass is 10.1. The van der Waals surface area contributed by atoms with E-state index in [0.29, 0.717) is 22.8 Å². The molecule has 0 aliphatic carbocycles. The zero-order chi connectivity index (χ0) is 12.4. The van der Waals surface area contributed by atoms with Crippen molar-refractivity contribution < 1.29 is 8.78 Å². The van der Waals surface area contributed by atoms with Gasteiger partial charge in [0.1, 0.15) is 11.6 Å². The highest BCUT2D eigenvalue weighted by molar-refractivity contribution is 9.10. The molecule has 0 radical (unpaired) electrons. The Balaban J connectivity index is 2.11. The third kappa shape index (κ3) is 2.98. The highest BCUT2D eigenvalue weighted by Crippen LogP contribution is 2.25. The molecule has 94 valence electrons. The maximum absolute atomic E-state index is 13.8. The van der Waals surface area contributed by atoms with Crippen molar-refractivity contribution in [3.8, 4) is 0 Å². The summed E-state index contributed by atoms with van der Waals surface area (Å²) in [6.07, 6.45) is 1.00. The van der Waals surface area contributed by atoms with Crippen molar-refractivity contribution >= 4 is 27.5 Å². The average Bonchev–Trinajstić information content (AvgIpc) is 2.77. The maximum atomic E-state index is 13.8. The van der Waals surface area contributed by atoms with Crippen molar-refractivity contribution in [3.05, 3.63) is 33.8 Å². The standard InChI is InChI=1S/C12H13BrClF2N/c13-10-1-2-11(15)9(12(10)16)7-17-4-3-8(5-14)6-17/h1-2,8H,3-7H2. The number of halogens is 4. The first-order valence-corrected chi connectivity index (χ1v) is 6.85. The van der Waals surface area contributed by atoms with Crippen LogP contribution >= 0.6 is 27.5 Å². The SMILES string of the molecule is Fc1ccc(Br)c(F)c1CN1CCC(CCl)C1. The fourth-order valence-corrected chi connectivity index (χ4v) is 2.74. The molecule has 1 unspecified atom stereocenters. The monoisotopic (exact) mass is 323 g/mol. The van der Waals surface area contributed by atoms with Crippen molar-refractivity contribution in [1.29, 1.82) is 0 Å². The zero-order valence-corrected chi connectivity index (χ0v) is 11.6. The molecule has 2 rings (SSSR count). The Kier molecular flexibility index (Phi) is 4.39. The normalized spacial score (nSPS) is 21.1. The van der Waals surface area contributed by atoms with E-state index >= 15 is 0 Å². The minimum absolute atomic E-state index is 0.134. The van der Waals surface area contributed by atoms with Gasteiger partial charge in [0.25, 0.3) is 0 Å². The van der Waals surface area contributed by atoms with E-state index in [1.807, 2.05) is 4.90 Å². The Morgan fingerprint density at radius 3 is 2.82 bits per heavy atom. The van der Waals surface area contributed by atoms with Crippen molar-refractivity contribution in [2.24, 2.45) is 5.92 Å². The van der Waals surface area contributed by atoms with E-state index in [1.54, 1.807) is 0 Å². The van der Waals surface area contributed by atoms with Crippen LogP contribution in [-0.4, -0.2) is 23.9 Å². The molecule has 0 spiro atoms. The van der Waals surface area contributed by atoms with E-state index in [0.717, 1.165) is 19.5 Å². The second-order valence-electron chi connectivity index (χ2n) is 4.37. The first-order valence-electron chi connectivity index (χ1n) is 5.52. The fraction of sp³-hybridized carbons (Fsp3) is 0.500. The summed E-state index contributed by atoms with van der Waals surface area (Å²) in [4.78, 5) is 2.04. The highest BCUT2D eigenvalue weighted by Gasteiger charge is 2.24. The van der Waals surface area contributed by atoms with Crippen LogP contribution in [0.25, 0.3) is 0 Å². The van der Waals surface area contributed by atoms with E-state index in [4.69, 9.17) is 11.6 Å². The Labute approximate surface area is 113 Å². The molecule has 5 heteroatoms. The van der Waals surface area contributed by atoms with Gasteiger partial charge in [-0.25, -0.2) is 8.78 Å². The van der Waals surface area contributed by atoms with Gasteiger partial charge in [0.2, 0.25) is 0 Å². The van der Waals surface area contributed by atoms with Gasteiger partial charge < -0.3 is 0 Å². The molecule has 1 nitrogen and oxygen atoms in total. The number of likely N-dealkylation sites (tertiary alicyclic amines) is 1. The highest BCUT2D eigenvalue weighted by atomic mass is 79.9. The molecule has 1 heterocycles. The predicted molar refractivity (Wildman–Crippen MR) is 68.2 cm³/mol. The molecule has 1 atom stereocenters. The Bertz CT molecular complexity index is 414. The zero-order valence-electron chi connectivity index (χ0n) is 9.23. The van der Waals surface area contributed by atoms with Crippen LogP contribution in [0.3, 0.4) is 0 Å². The molecule has 1 aliphatic heterocycles. The van der Waals surface area contributed by atoms with Crippen molar-refractivity contribution in [3.63, 3.8) is 0 Å². The summed E-state index contributed by atoms with van der Waals surface area (Å²) >= 11 is 8.86. The van der Waals surface area contributed by atoms with Crippen LogP contribution in [0.4, 0.5) is 8.78 Å². The summed E-state index contributed by atoms with van der Waals surface area (Å²) in [6, 6.07) is 2.68. The van der Waals surface area contributed by atoms with Gasteiger partial charge in [-0.3, -0.25) is 4.90 Å². The summed E-state index contributed by atoms with van der Waals surface area (Å²) < 4.78 is 27.6. The van der Waals surface area contributed by atoms with Gasteiger partial charge in [0.05, 0.1) is 4.47 Å². The Hall–Kier alpha value is -0.190. The first kappa shape index (κ1) is 13.2. The van der Waals surface area contributed by atoms with E-state index in [2.05, 4.69) is 15.9 Å². The summed E-state index contributed by atoms with van der Waals surface area (Å²) in [5.41, 5.74) is 0.134. The van der Waals surface area contributed by atoms with Crippen molar-refractivity contribution in [2.75, 3.05) is 19.0 Å². The summed E-state index contributed by atoms with van der Waals surface area (Å²) in [7, 11) is 0. The lowest BCUT2D eigenvalue weighted by molar-refractivity contribution is 0.308. The van der Waals surface area contributed by atoms with E-state index in [9.17, 15) is 8.78 Å². The van der Waals surface area contributed by atoms with Gasteiger partial charge in [0.15, 0.2) is 0 Å². The van der Waals surface area contributed by atoms with Crippen molar-refractivity contribution in [1.82, 2.24) is 4.90 Å². The average molecular weight is 325 g/mol. The Morgan fingerprint density at radius 1 is 1.41 bits per heavy atom. The molecular formula is C12H13BrClF2N. The number of rotatable bonds is 3. The van der Waals surface area contributed by atoms with Gasteiger partial charge >= 0.3 is 0 Å². The molecular weight excluding hydrogens is 311 g/mol. The number of hydrogen-bond donors (Lipinski definition) is 0. The Morgan fingerprint density at radius 2 is 2.18 bits per heavy atom. The number of alkyl halides is 1. The first-order chi connectivity index (χ1) is 8.11. The summed E-state index contributed by atoms with van der Waals surface area (Å²) in [5, 5.41) is 0. The predicted octanol–water partition coefficient (Wildman–Crippen LogP) is 3.79. The molecule has 0 saturated carbocycles. The van der Waals surface area contributed by atoms with Gasteiger partial charge in [0, 0.05) is 24.5 Å². The lowest BCUT2D eigenvalue weighted by Gasteiger charge is -2.16. The molecule has 1 aromatic carbocycles. The lowest BCUT2D eigenvalue weighted by Crippen LogP contribution is -2.22. The van der Waals surface area contributed by atoms with Gasteiger partial charge in [-0.1, -0.05) is 0 Å². The van der Waals surface area contributed by atoms with Crippen LogP contribution in [0.1, 0.15) is 12.0 Å². The molecule has 1 aromatic rings. The van der Waals surface area contributed by atoms with Crippen LogP contribution in [-0.2, 0) is 6.54 Å². The van der Waals surface area contributed by atoms with Crippen molar-refractivity contribution in [2.45, 2.75) is 13.0 Å². The molecule has 17 heavy (non-hydrogen) atoms. The van der Waals surface area contributed by atoms with E-state index < -0.39 is 11.6 Å². The minimum atomic E-state index is -0.501. The summed E-state index contributed by atoms with van der Waals surface area (Å²) in [6.45, 7) is 1.97. The van der Waals surface area contributed by atoms with Gasteiger partial charge in [-0.2, -0.15) is 0 Å². The van der Waals surface area contributed by atoms with E-state index in [1.165, 1.54) is 12.1 Å². The molecule has 0 bridgehead atoms. The van der Waals surface area contributed by atoms with Gasteiger partial charge in [-0.15, -0.1) is 11.6 Å². The maximum Gasteiger partial charge on any atom is 0.144 e. The minimum Gasteiger partial charge on any atom is -0.299 e.